The van der Waals surface area contributed by atoms with E-state index in [2.05, 4.69) is 15.5 Å². The zero-order valence-electron chi connectivity index (χ0n) is 9.62. The van der Waals surface area contributed by atoms with E-state index >= 15 is 0 Å². The number of nitrogens with zero attached hydrogens (tertiary/aromatic N) is 4. The Bertz CT molecular complexity index is 421. The lowest BCUT2D eigenvalue weighted by Crippen LogP contribution is -2.11. The lowest BCUT2D eigenvalue weighted by molar-refractivity contribution is -0.137. The third-order valence-corrected chi connectivity index (χ3v) is 3.93. The molecule has 0 spiro atoms. The van der Waals surface area contributed by atoms with E-state index in [1.807, 2.05) is 0 Å². The maximum Gasteiger partial charge on any atom is 0.303 e. The summed E-state index contributed by atoms with van der Waals surface area (Å²) in [6.07, 6.45) is 4.58. The molecule has 6 heteroatoms. The molecule has 2 fully saturated rings. The SMILES string of the molecule is O=C(O)CCCn1nnnc1C1CC2CC2C1. The molecule has 0 saturated heterocycles. The Labute approximate surface area is 99.0 Å². The average molecular weight is 236 g/mol. The summed E-state index contributed by atoms with van der Waals surface area (Å²) in [6.45, 7) is 0.612. The highest BCUT2D eigenvalue weighted by atomic mass is 16.4. The van der Waals surface area contributed by atoms with Gasteiger partial charge in [-0.1, -0.05) is 0 Å². The van der Waals surface area contributed by atoms with Crippen LogP contribution in [0, 0.1) is 11.8 Å². The highest BCUT2D eigenvalue weighted by Crippen LogP contribution is 2.57. The smallest absolute Gasteiger partial charge is 0.303 e. The van der Waals surface area contributed by atoms with Crippen molar-refractivity contribution in [3.63, 3.8) is 0 Å². The summed E-state index contributed by atoms with van der Waals surface area (Å²) in [4.78, 5) is 10.5. The van der Waals surface area contributed by atoms with Gasteiger partial charge in [0.1, 0.15) is 0 Å². The Kier molecular flexibility index (Phi) is 2.57. The summed E-state index contributed by atoms with van der Waals surface area (Å²) in [6, 6.07) is 0. The molecule has 2 atom stereocenters. The van der Waals surface area contributed by atoms with E-state index in [0.717, 1.165) is 17.7 Å². The van der Waals surface area contributed by atoms with Gasteiger partial charge in [-0.15, -0.1) is 5.10 Å². The maximum absolute atomic E-state index is 10.5. The minimum absolute atomic E-state index is 0.176. The number of carbonyl (C=O) groups is 1. The van der Waals surface area contributed by atoms with E-state index in [1.165, 1.54) is 19.3 Å². The standard InChI is InChI=1S/C11H16N4O2/c16-10(17)2-1-3-15-11(12-13-14-15)9-5-7-4-8(7)6-9/h7-9H,1-6H2,(H,16,17). The van der Waals surface area contributed by atoms with Gasteiger partial charge < -0.3 is 5.11 Å². The van der Waals surface area contributed by atoms with Crippen LogP contribution in [0.4, 0.5) is 0 Å². The van der Waals surface area contributed by atoms with Crippen LogP contribution in [0.3, 0.4) is 0 Å². The average Bonchev–Trinajstić information content (AvgIpc) is 2.76. The fraction of sp³-hybridized carbons (Fsp3) is 0.818. The molecule has 6 nitrogen and oxygen atoms in total. The molecule has 0 aliphatic heterocycles. The van der Waals surface area contributed by atoms with E-state index in [1.54, 1.807) is 4.68 Å². The molecule has 2 aliphatic rings. The lowest BCUT2D eigenvalue weighted by Gasteiger charge is -2.10. The van der Waals surface area contributed by atoms with Crippen molar-refractivity contribution in [1.82, 2.24) is 20.2 Å². The molecule has 1 heterocycles. The van der Waals surface area contributed by atoms with Crippen LogP contribution in [0.1, 0.15) is 43.8 Å². The molecule has 0 bridgehead atoms. The number of aryl methyl sites for hydroxylation is 1. The number of hydrogen-bond donors (Lipinski definition) is 1. The van der Waals surface area contributed by atoms with E-state index in [9.17, 15) is 4.79 Å². The first-order valence-corrected chi connectivity index (χ1v) is 6.22. The van der Waals surface area contributed by atoms with Crippen LogP contribution in [0.15, 0.2) is 0 Å². The Hall–Kier alpha value is -1.46. The van der Waals surface area contributed by atoms with Crippen molar-refractivity contribution >= 4 is 5.97 Å². The molecule has 2 unspecified atom stereocenters. The molecule has 1 aromatic heterocycles. The van der Waals surface area contributed by atoms with Crippen molar-refractivity contribution in [1.29, 1.82) is 0 Å². The summed E-state index contributed by atoms with van der Waals surface area (Å²) in [5.74, 6) is 2.51. The van der Waals surface area contributed by atoms with Crippen molar-refractivity contribution in [2.45, 2.75) is 44.6 Å². The van der Waals surface area contributed by atoms with E-state index < -0.39 is 5.97 Å². The topological polar surface area (TPSA) is 80.9 Å². The Morgan fingerprint density at radius 1 is 1.35 bits per heavy atom. The monoisotopic (exact) mass is 236 g/mol. The van der Waals surface area contributed by atoms with Gasteiger partial charge in [0.25, 0.3) is 0 Å². The van der Waals surface area contributed by atoms with Crippen LogP contribution in [-0.2, 0) is 11.3 Å². The van der Waals surface area contributed by atoms with E-state index in [4.69, 9.17) is 5.11 Å². The third kappa shape index (κ3) is 2.16. The molecule has 2 aliphatic carbocycles. The van der Waals surface area contributed by atoms with Gasteiger partial charge in [-0.3, -0.25) is 4.79 Å². The van der Waals surface area contributed by atoms with Crippen molar-refractivity contribution in [3.05, 3.63) is 5.82 Å². The van der Waals surface area contributed by atoms with Crippen LogP contribution in [-0.4, -0.2) is 31.3 Å². The zero-order valence-corrected chi connectivity index (χ0v) is 9.62. The molecule has 0 radical (unpaired) electrons. The molecular weight excluding hydrogens is 220 g/mol. The van der Waals surface area contributed by atoms with Crippen LogP contribution in [0.2, 0.25) is 0 Å². The Morgan fingerprint density at radius 2 is 2.12 bits per heavy atom. The maximum atomic E-state index is 10.5. The number of hydrogen-bond acceptors (Lipinski definition) is 4. The third-order valence-electron chi connectivity index (χ3n) is 3.93. The molecule has 0 amide bonds. The van der Waals surface area contributed by atoms with Gasteiger partial charge in [0, 0.05) is 18.9 Å². The van der Waals surface area contributed by atoms with Crippen molar-refractivity contribution < 1.29 is 9.90 Å². The summed E-state index contributed by atoms with van der Waals surface area (Å²) in [5, 5.41) is 20.4. The van der Waals surface area contributed by atoms with E-state index in [-0.39, 0.29) is 6.42 Å². The molecular formula is C11H16N4O2. The van der Waals surface area contributed by atoms with Crippen molar-refractivity contribution in [2.24, 2.45) is 11.8 Å². The molecule has 3 rings (SSSR count). The first-order valence-electron chi connectivity index (χ1n) is 6.22. The number of carboxylic acid groups (broad SMARTS) is 1. The lowest BCUT2D eigenvalue weighted by atomic mass is 10.0. The summed E-state index contributed by atoms with van der Waals surface area (Å²) < 4.78 is 1.79. The van der Waals surface area contributed by atoms with Gasteiger partial charge in [0.05, 0.1) is 0 Å². The highest BCUT2D eigenvalue weighted by molar-refractivity contribution is 5.66. The number of aromatic nitrogens is 4. The van der Waals surface area contributed by atoms with Crippen molar-refractivity contribution in [2.75, 3.05) is 0 Å². The molecule has 2 saturated carbocycles. The van der Waals surface area contributed by atoms with Gasteiger partial charge in [0.15, 0.2) is 5.82 Å². The van der Waals surface area contributed by atoms with Gasteiger partial charge >= 0.3 is 5.97 Å². The minimum Gasteiger partial charge on any atom is -0.481 e. The Morgan fingerprint density at radius 3 is 2.82 bits per heavy atom. The summed E-state index contributed by atoms with van der Waals surface area (Å²) in [7, 11) is 0. The molecule has 17 heavy (non-hydrogen) atoms. The number of carboxylic acids is 1. The van der Waals surface area contributed by atoms with Gasteiger partial charge in [-0.25, -0.2) is 4.68 Å². The summed E-state index contributed by atoms with van der Waals surface area (Å²) in [5.41, 5.74) is 0. The predicted molar refractivity (Wildman–Crippen MR) is 58.3 cm³/mol. The van der Waals surface area contributed by atoms with Gasteiger partial charge in [-0.05, 0) is 47.9 Å². The fourth-order valence-electron chi connectivity index (χ4n) is 2.97. The molecule has 0 aromatic carbocycles. The van der Waals surface area contributed by atoms with Gasteiger partial charge in [-0.2, -0.15) is 0 Å². The van der Waals surface area contributed by atoms with Gasteiger partial charge in [0.2, 0.25) is 0 Å². The van der Waals surface area contributed by atoms with Crippen LogP contribution in [0.25, 0.3) is 0 Å². The fourth-order valence-corrected chi connectivity index (χ4v) is 2.97. The zero-order chi connectivity index (χ0) is 11.8. The molecule has 1 N–H and O–H groups in total. The summed E-state index contributed by atoms with van der Waals surface area (Å²) >= 11 is 0. The molecule has 92 valence electrons. The first-order chi connectivity index (χ1) is 8.24. The van der Waals surface area contributed by atoms with E-state index in [0.29, 0.717) is 18.9 Å². The largest absolute Gasteiger partial charge is 0.481 e. The number of tetrazole rings is 1. The predicted octanol–water partition coefficient (Wildman–Crippen LogP) is 1.05. The minimum atomic E-state index is -0.762. The Balaban J connectivity index is 1.60. The molecule has 1 aromatic rings. The number of aliphatic carboxylic acids is 1. The highest BCUT2D eigenvalue weighted by Gasteiger charge is 2.47. The number of rotatable bonds is 5. The first kappa shape index (κ1) is 10.7. The van der Waals surface area contributed by atoms with Crippen LogP contribution >= 0.6 is 0 Å². The van der Waals surface area contributed by atoms with Crippen LogP contribution < -0.4 is 0 Å². The quantitative estimate of drug-likeness (QED) is 0.826. The number of fused-ring (bicyclic) bond motifs is 1. The second-order valence-electron chi connectivity index (χ2n) is 5.18. The second-order valence-corrected chi connectivity index (χ2v) is 5.18. The van der Waals surface area contributed by atoms with Crippen LogP contribution in [0.5, 0.6) is 0 Å². The normalized spacial score (nSPS) is 30.2. The second kappa shape index (κ2) is 4.09. The van der Waals surface area contributed by atoms with Crippen molar-refractivity contribution in [3.8, 4) is 0 Å².